The molecule has 0 unspecified atom stereocenters. The Kier molecular flexibility index (Phi) is 5.08. The lowest BCUT2D eigenvalue weighted by molar-refractivity contribution is 0.0699. The summed E-state index contributed by atoms with van der Waals surface area (Å²) >= 11 is 1.40. The summed E-state index contributed by atoms with van der Waals surface area (Å²) in [5.41, 5.74) is 4.55. The number of fused-ring (bicyclic) bond motifs is 2. The van der Waals surface area contributed by atoms with Crippen LogP contribution in [0.3, 0.4) is 0 Å². The number of aromatic nitrogens is 4. The van der Waals surface area contributed by atoms with E-state index in [0.717, 1.165) is 59.0 Å². The van der Waals surface area contributed by atoms with Crippen LogP contribution in [0, 0.1) is 0 Å². The van der Waals surface area contributed by atoms with Gasteiger partial charge in [0.15, 0.2) is 11.5 Å². The van der Waals surface area contributed by atoms with E-state index in [1.165, 1.54) is 17.7 Å². The normalized spacial score (nSPS) is 14.1. The van der Waals surface area contributed by atoms with Crippen LogP contribution >= 0.6 is 11.3 Å². The first-order valence-corrected chi connectivity index (χ1v) is 11.7. The van der Waals surface area contributed by atoms with Crippen molar-refractivity contribution < 1.29 is 14.6 Å². The molecule has 0 saturated carbocycles. The Hall–Kier alpha value is -4.02. The fourth-order valence-electron chi connectivity index (χ4n) is 4.23. The van der Waals surface area contributed by atoms with Gasteiger partial charge in [-0.2, -0.15) is 5.10 Å². The fourth-order valence-corrected chi connectivity index (χ4v) is 5.30. The number of carboxylic acids is 1. The first-order chi connectivity index (χ1) is 16.7. The van der Waals surface area contributed by atoms with E-state index in [0.29, 0.717) is 11.5 Å². The molecule has 0 spiro atoms. The highest BCUT2D eigenvalue weighted by molar-refractivity contribution is 7.18. The lowest BCUT2D eigenvalue weighted by Crippen LogP contribution is -2.36. The maximum absolute atomic E-state index is 11.6. The van der Waals surface area contributed by atoms with Crippen LogP contribution in [0.25, 0.3) is 27.0 Å². The van der Waals surface area contributed by atoms with Crippen LogP contribution in [0.15, 0.2) is 60.4 Å². The SMILES string of the molecule is O=C(O)c1cccc2c(-c3cnc(Nc4ccc(N5CCOCC5)cc4)c4ncnn34)csc12. The minimum atomic E-state index is -0.942. The van der Waals surface area contributed by atoms with Crippen LogP contribution in [0.1, 0.15) is 10.4 Å². The summed E-state index contributed by atoms with van der Waals surface area (Å²) < 4.78 is 7.88. The molecule has 1 saturated heterocycles. The Morgan fingerprint density at radius 2 is 1.91 bits per heavy atom. The van der Waals surface area contributed by atoms with Crippen molar-refractivity contribution in [2.24, 2.45) is 0 Å². The Balaban J connectivity index is 1.33. The van der Waals surface area contributed by atoms with Gasteiger partial charge in [0.05, 0.1) is 30.7 Å². The molecular weight excluding hydrogens is 452 g/mol. The maximum Gasteiger partial charge on any atom is 0.337 e. The van der Waals surface area contributed by atoms with Crippen molar-refractivity contribution >= 4 is 50.2 Å². The number of hydrogen-bond donors (Lipinski definition) is 2. The van der Waals surface area contributed by atoms with Crippen molar-refractivity contribution in [1.29, 1.82) is 0 Å². The molecule has 1 fully saturated rings. The van der Waals surface area contributed by atoms with Crippen molar-refractivity contribution in [3.63, 3.8) is 0 Å². The van der Waals surface area contributed by atoms with Gasteiger partial charge in [0.1, 0.15) is 6.33 Å². The molecule has 6 rings (SSSR count). The maximum atomic E-state index is 11.6. The molecule has 0 aliphatic carbocycles. The number of aromatic carboxylic acids is 1. The molecule has 10 heteroatoms. The molecule has 9 nitrogen and oxygen atoms in total. The van der Waals surface area contributed by atoms with Crippen LogP contribution in [-0.4, -0.2) is 57.0 Å². The Morgan fingerprint density at radius 1 is 1.09 bits per heavy atom. The molecule has 1 aliphatic rings. The van der Waals surface area contributed by atoms with Crippen molar-refractivity contribution in [2.75, 3.05) is 36.5 Å². The predicted octanol–water partition coefficient (Wildman–Crippen LogP) is 4.28. The van der Waals surface area contributed by atoms with Gasteiger partial charge in [-0.05, 0) is 30.3 Å². The number of hydrogen-bond acceptors (Lipinski definition) is 8. The molecule has 0 amide bonds. The largest absolute Gasteiger partial charge is 0.478 e. The Bertz CT molecular complexity index is 1500. The second-order valence-corrected chi connectivity index (χ2v) is 8.78. The van der Waals surface area contributed by atoms with Crippen LogP contribution in [0.5, 0.6) is 0 Å². The van der Waals surface area contributed by atoms with Gasteiger partial charge in [-0.25, -0.2) is 19.3 Å². The third-order valence-electron chi connectivity index (χ3n) is 5.92. The van der Waals surface area contributed by atoms with Gasteiger partial charge in [0.25, 0.3) is 0 Å². The number of morpholine rings is 1. The molecule has 2 aromatic carbocycles. The second-order valence-electron chi connectivity index (χ2n) is 7.90. The predicted molar refractivity (Wildman–Crippen MR) is 131 cm³/mol. The second kappa shape index (κ2) is 8.40. The van der Waals surface area contributed by atoms with Gasteiger partial charge >= 0.3 is 5.97 Å². The van der Waals surface area contributed by atoms with Crippen LogP contribution < -0.4 is 10.2 Å². The summed E-state index contributed by atoms with van der Waals surface area (Å²) in [7, 11) is 0. The highest BCUT2D eigenvalue weighted by Crippen LogP contribution is 2.36. The lowest BCUT2D eigenvalue weighted by Gasteiger charge is -2.28. The van der Waals surface area contributed by atoms with E-state index in [1.54, 1.807) is 22.8 Å². The minimum Gasteiger partial charge on any atom is -0.478 e. The van der Waals surface area contributed by atoms with E-state index in [4.69, 9.17) is 4.74 Å². The van der Waals surface area contributed by atoms with Gasteiger partial charge < -0.3 is 20.1 Å². The monoisotopic (exact) mass is 472 g/mol. The molecule has 34 heavy (non-hydrogen) atoms. The third-order valence-corrected chi connectivity index (χ3v) is 6.95. The van der Waals surface area contributed by atoms with Gasteiger partial charge in [-0.3, -0.25) is 0 Å². The van der Waals surface area contributed by atoms with Crippen molar-refractivity contribution in [2.45, 2.75) is 0 Å². The number of carbonyl (C=O) groups is 1. The quantitative estimate of drug-likeness (QED) is 0.390. The number of nitrogens with one attached hydrogen (secondary N) is 1. The molecule has 1 aliphatic heterocycles. The number of benzene rings is 2. The fraction of sp³-hybridized carbons (Fsp3) is 0.167. The van der Waals surface area contributed by atoms with Gasteiger partial charge in [-0.15, -0.1) is 11.3 Å². The first kappa shape index (κ1) is 20.6. The molecule has 3 aromatic heterocycles. The standard InChI is InChI=1S/C24H20N6O3S/c31-24(32)18-3-1-2-17-19(13-34-21(17)18)20-12-25-22(23-26-14-27-30(20)23)28-15-4-6-16(7-5-15)29-8-10-33-11-9-29/h1-7,12-14H,8-11H2,(H,25,28)(H,31,32). The van der Waals surface area contributed by atoms with E-state index in [2.05, 4.69) is 37.4 Å². The number of thiophene rings is 1. The molecule has 0 atom stereocenters. The number of rotatable bonds is 5. The summed E-state index contributed by atoms with van der Waals surface area (Å²) in [6, 6.07) is 13.5. The zero-order valence-corrected chi connectivity index (χ0v) is 18.8. The average molecular weight is 473 g/mol. The number of anilines is 3. The van der Waals surface area contributed by atoms with Crippen LogP contribution in [-0.2, 0) is 4.74 Å². The van der Waals surface area contributed by atoms with Crippen LogP contribution in [0.4, 0.5) is 17.2 Å². The van der Waals surface area contributed by atoms with Crippen molar-refractivity contribution in [1.82, 2.24) is 19.6 Å². The van der Waals surface area contributed by atoms with Gasteiger partial charge in [0.2, 0.25) is 0 Å². The van der Waals surface area contributed by atoms with Crippen molar-refractivity contribution in [3.8, 4) is 11.3 Å². The highest BCUT2D eigenvalue weighted by Gasteiger charge is 2.18. The summed E-state index contributed by atoms with van der Waals surface area (Å²) in [5.74, 6) is -0.353. The summed E-state index contributed by atoms with van der Waals surface area (Å²) in [4.78, 5) is 23.0. The zero-order chi connectivity index (χ0) is 23.1. The highest BCUT2D eigenvalue weighted by atomic mass is 32.1. The molecule has 5 aromatic rings. The number of nitrogens with zero attached hydrogens (tertiary/aromatic N) is 5. The topological polar surface area (TPSA) is 105 Å². The van der Waals surface area contributed by atoms with E-state index < -0.39 is 5.97 Å². The van der Waals surface area contributed by atoms with Gasteiger partial charge in [-0.1, -0.05) is 12.1 Å². The van der Waals surface area contributed by atoms with E-state index in [-0.39, 0.29) is 5.56 Å². The molecule has 0 bridgehead atoms. The molecule has 2 N–H and O–H groups in total. The van der Waals surface area contributed by atoms with E-state index in [9.17, 15) is 9.90 Å². The van der Waals surface area contributed by atoms with Crippen LogP contribution in [0.2, 0.25) is 0 Å². The minimum absolute atomic E-state index is 0.287. The van der Waals surface area contributed by atoms with E-state index >= 15 is 0 Å². The Morgan fingerprint density at radius 3 is 2.71 bits per heavy atom. The smallest absolute Gasteiger partial charge is 0.337 e. The molecule has 170 valence electrons. The molecule has 0 radical (unpaired) electrons. The third kappa shape index (κ3) is 3.53. The first-order valence-electron chi connectivity index (χ1n) is 10.8. The summed E-state index contributed by atoms with van der Waals surface area (Å²) in [5, 5.41) is 20.1. The molecule has 4 heterocycles. The summed E-state index contributed by atoms with van der Waals surface area (Å²) in [6.07, 6.45) is 3.23. The average Bonchev–Trinajstić information content (AvgIpc) is 3.53. The number of ether oxygens (including phenoxy) is 1. The van der Waals surface area contributed by atoms with Crippen molar-refractivity contribution in [3.05, 3.63) is 65.9 Å². The number of carboxylic acid groups (broad SMARTS) is 1. The van der Waals surface area contributed by atoms with Gasteiger partial charge in [0, 0.05) is 45.5 Å². The van der Waals surface area contributed by atoms with E-state index in [1.807, 2.05) is 23.6 Å². The lowest BCUT2D eigenvalue weighted by atomic mass is 10.1. The summed E-state index contributed by atoms with van der Waals surface area (Å²) in [6.45, 7) is 3.28. The zero-order valence-electron chi connectivity index (χ0n) is 18.0. The molecular formula is C24H20N6O3S. The Labute approximate surface area is 198 Å².